The summed E-state index contributed by atoms with van der Waals surface area (Å²) in [6.45, 7) is 6.04. The van der Waals surface area contributed by atoms with Gasteiger partial charge in [-0.1, -0.05) is 17.4 Å². The Bertz CT molecular complexity index is 760. The lowest BCUT2D eigenvalue weighted by atomic mass is 10.1. The fourth-order valence-electron chi connectivity index (χ4n) is 4.30. The molecule has 0 saturated carbocycles. The molecule has 0 aliphatic carbocycles. The lowest BCUT2D eigenvalue weighted by molar-refractivity contribution is 0.213. The Morgan fingerprint density at radius 2 is 1.92 bits per heavy atom. The van der Waals surface area contributed by atoms with E-state index in [1.165, 1.54) is 75.2 Å². The van der Waals surface area contributed by atoms with Crippen LogP contribution in [0.4, 0.5) is 0 Å². The molecule has 0 radical (unpaired) electrons. The average molecular weight is 346 g/mol. The van der Waals surface area contributed by atoms with Crippen LogP contribution in [0.3, 0.4) is 0 Å². The van der Waals surface area contributed by atoms with Crippen LogP contribution in [0.2, 0.25) is 0 Å². The molecular formula is C19H27N3OS. The first-order chi connectivity index (χ1) is 11.7. The van der Waals surface area contributed by atoms with Crippen molar-refractivity contribution in [1.82, 2.24) is 14.4 Å². The molecule has 24 heavy (non-hydrogen) atoms. The van der Waals surface area contributed by atoms with E-state index in [1.54, 1.807) is 4.57 Å². The zero-order valence-corrected chi connectivity index (χ0v) is 15.4. The second-order valence-corrected chi connectivity index (χ2v) is 8.33. The standard InChI is InChI=1S/C19H27N3OS/c1-20-17-7-6-15(13-18(17)24-19(20)23)14-21-9-4-5-16(8-12-21)22-10-2-3-11-22/h6-7,13,16H,2-5,8-12,14H2,1H3. The van der Waals surface area contributed by atoms with Crippen molar-refractivity contribution in [2.45, 2.75) is 44.7 Å². The molecule has 0 N–H and O–H groups in total. The minimum atomic E-state index is 0.130. The average Bonchev–Trinajstić information content (AvgIpc) is 3.13. The summed E-state index contributed by atoms with van der Waals surface area (Å²) < 4.78 is 2.86. The lowest BCUT2D eigenvalue weighted by Gasteiger charge is -2.26. The molecule has 1 aromatic heterocycles. The monoisotopic (exact) mass is 345 g/mol. The Morgan fingerprint density at radius 1 is 1.08 bits per heavy atom. The number of rotatable bonds is 3. The number of aromatic nitrogens is 1. The van der Waals surface area contributed by atoms with Crippen LogP contribution in [-0.2, 0) is 13.6 Å². The minimum absolute atomic E-state index is 0.130. The molecule has 2 aliphatic heterocycles. The summed E-state index contributed by atoms with van der Waals surface area (Å²) in [7, 11) is 1.86. The van der Waals surface area contributed by atoms with Crippen molar-refractivity contribution in [2.75, 3.05) is 26.2 Å². The molecule has 4 nitrogen and oxygen atoms in total. The SMILES string of the molecule is Cn1c(=O)sc2cc(CN3CCCC(N4CCCC4)CC3)ccc21. The molecule has 1 atom stereocenters. The predicted octanol–water partition coefficient (Wildman–Crippen LogP) is 3.05. The summed E-state index contributed by atoms with van der Waals surface area (Å²) in [5.41, 5.74) is 2.39. The third-order valence-corrected chi connectivity index (χ3v) is 6.71. The van der Waals surface area contributed by atoms with Crippen LogP contribution in [0, 0.1) is 0 Å². The van der Waals surface area contributed by atoms with E-state index < -0.39 is 0 Å². The maximum Gasteiger partial charge on any atom is 0.307 e. The second kappa shape index (κ2) is 6.98. The fraction of sp³-hybridized carbons (Fsp3) is 0.632. The molecule has 0 spiro atoms. The van der Waals surface area contributed by atoms with Gasteiger partial charge in [-0.15, -0.1) is 0 Å². The quantitative estimate of drug-likeness (QED) is 0.856. The molecule has 0 amide bonds. The number of benzene rings is 1. The van der Waals surface area contributed by atoms with Gasteiger partial charge in [-0.05, 0) is 76.0 Å². The smallest absolute Gasteiger partial charge is 0.302 e. The molecule has 2 aliphatic rings. The highest BCUT2D eigenvalue weighted by Crippen LogP contribution is 2.23. The van der Waals surface area contributed by atoms with Gasteiger partial charge in [0.1, 0.15) is 0 Å². The van der Waals surface area contributed by atoms with Crippen LogP contribution in [-0.4, -0.2) is 46.6 Å². The highest BCUT2D eigenvalue weighted by molar-refractivity contribution is 7.16. The van der Waals surface area contributed by atoms with Crippen LogP contribution >= 0.6 is 11.3 Å². The van der Waals surface area contributed by atoms with Crippen molar-refractivity contribution >= 4 is 21.6 Å². The van der Waals surface area contributed by atoms with E-state index in [-0.39, 0.29) is 4.87 Å². The van der Waals surface area contributed by atoms with Crippen LogP contribution in [0.1, 0.15) is 37.7 Å². The third kappa shape index (κ3) is 3.30. The van der Waals surface area contributed by atoms with E-state index in [0.29, 0.717) is 0 Å². The Morgan fingerprint density at radius 3 is 2.75 bits per heavy atom. The van der Waals surface area contributed by atoms with Gasteiger partial charge in [0, 0.05) is 19.6 Å². The van der Waals surface area contributed by atoms with Crippen LogP contribution in [0.5, 0.6) is 0 Å². The highest BCUT2D eigenvalue weighted by Gasteiger charge is 2.24. The summed E-state index contributed by atoms with van der Waals surface area (Å²) in [6, 6.07) is 7.31. The van der Waals surface area contributed by atoms with Gasteiger partial charge < -0.3 is 9.47 Å². The van der Waals surface area contributed by atoms with E-state index >= 15 is 0 Å². The molecule has 1 aromatic carbocycles. The maximum absolute atomic E-state index is 11.8. The van der Waals surface area contributed by atoms with Crippen LogP contribution in [0.25, 0.3) is 10.2 Å². The summed E-state index contributed by atoms with van der Waals surface area (Å²) in [5.74, 6) is 0. The first kappa shape index (κ1) is 16.3. The lowest BCUT2D eigenvalue weighted by Crippen LogP contribution is -2.33. The summed E-state index contributed by atoms with van der Waals surface area (Å²) in [4.78, 5) is 17.3. The zero-order valence-electron chi connectivity index (χ0n) is 14.5. The highest BCUT2D eigenvalue weighted by atomic mass is 32.1. The fourth-order valence-corrected chi connectivity index (χ4v) is 5.25. The number of hydrogen-bond acceptors (Lipinski definition) is 4. The molecular weight excluding hydrogens is 318 g/mol. The van der Waals surface area contributed by atoms with Crippen molar-refractivity contribution < 1.29 is 0 Å². The van der Waals surface area contributed by atoms with Crippen molar-refractivity contribution in [3.8, 4) is 0 Å². The van der Waals surface area contributed by atoms with Gasteiger partial charge in [-0.25, -0.2) is 0 Å². The van der Waals surface area contributed by atoms with E-state index in [9.17, 15) is 4.79 Å². The number of hydrogen-bond donors (Lipinski definition) is 0. The zero-order chi connectivity index (χ0) is 16.5. The number of thiazole rings is 1. The number of aryl methyl sites for hydroxylation is 1. The van der Waals surface area contributed by atoms with E-state index in [0.717, 1.165) is 22.8 Å². The Labute approximate surface area is 147 Å². The first-order valence-electron chi connectivity index (χ1n) is 9.25. The maximum atomic E-state index is 11.8. The van der Waals surface area contributed by atoms with Crippen LogP contribution in [0.15, 0.2) is 23.0 Å². The van der Waals surface area contributed by atoms with Crippen molar-refractivity contribution in [1.29, 1.82) is 0 Å². The Balaban J connectivity index is 1.42. The van der Waals surface area contributed by atoms with Crippen molar-refractivity contribution in [2.24, 2.45) is 7.05 Å². The van der Waals surface area contributed by atoms with Crippen molar-refractivity contribution in [3.63, 3.8) is 0 Å². The third-order valence-electron chi connectivity index (χ3n) is 5.71. The van der Waals surface area contributed by atoms with E-state index in [1.807, 2.05) is 7.05 Å². The summed E-state index contributed by atoms with van der Waals surface area (Å²) in [6.07, 6.45) is 6.75. The van der Waals surface area contributed by atoms with Gasteiger partial charge in [0.15, 0.2) is 0 Å². The number of nitrogens with zero attached hydrogens (tertiary/aromatic N) is 3. The van der Waals surface area contributed by atoms with Gasteiger partial charge in [-0.2, -0.15) is 0 Å². The van der Waals surface area contributed by atoms with Gasteiger partial charge in [0.25, 0.3) is 0 Å². The van der Waals surface area contributed by atoms with Crippen LogP contribution < -0.4 is 4.87 Å². The largest absolute Gasteiger partial charge is 0.307 e. The summed E-state index contributed by atoms with van der Waals surface area (Å²) >= 11 is 1.36. The topological polar surface area (TPSA) is 28.5 Å². The Hall–Kier alpha value is -1.17. The predicted molar refractivity (Wildman–Crippen MR) is 101 cm³/mol. The van der Waals surface area contributed by atoms with Gasteiger partial charge in [0.2, 0.25) is 0 Å². The van der Waals surface area contributed by atoms with E-state index in [4.69, 9.17) is 0 Å². The Kier molecular flexibility index (Phi) is 4.74. The normalized spacial score (nSPS) is 23.8. The molecule has 1 unspecified atom stereocenters. The molecule has 130 valence electrons. The van der Waals surface area contributed by atoms with Gasteiger partial charge in [0.05, 0.1) is 10.2 Å². The molecule has 2 saturated heterocycles. The minimum Gasteiger partial charge on any atom is -0.302 e. The first-order valence-corrected chi connectivity index (χ1v) is 10.1. The van der Waals surface area contributed by atoms with Gasteiger partial charge >= 0.3 is 4.87 Å². The molecule has 2 fully saturated rings. The molecule has 4 rings (SSSR count). The van der Waals surface area contributed by atoms with Gasteiger partial charge in [-0.3, -0.25) is 9.69 Å². The molecule has 5 heteroatoms. The number of likely N-dealkylation sites (tertiary alicyclic amines) is 2. The van der Waals surface area contributed by atoms with Crippen molar-refractivity contribution in [3.05, 3.63) is 33.4 Å². The summed E-state index contributed by atoms with van der Waals surface area (Å²) in [5, 5.41) is 0. The molecule has 2 aromatic rings. The second-order valence-electron chi connectivity index (χ2n) is 7.33. The molecule has 3 heterocycles. The molecule has 0 bridgehead atoms. The number of fused-ring (bicyclic) bond motifs is 1. The van der Waals surface area contributed by atoms with E-state index in [2.05, 4.69) is 28.0 Å².